The zero-order valence-corrected chi connectivity index (χ0v) is 10.8. The SMILES string of the molecule is COc1cc(OCc2ccc([N+](=O)[O-])c(N)c2)ccn1. The molecule has 2 aromatic rings. The smallest absolute Gasteiger partial charge is 0.292 e. The second-order valence-corrected chi connectivity index (χ2v) is 3.97. The minimum absolute atomic E-state index is 0.112. The van der Waals surface area contributed by atoms with Gasteiger partial charge in [0.05, 0.1) is 12.0 Å². The number of anilines is 1. The molecule has 0 aliphatic carbocycles. The molecule has 1 aromatic carbocycles. The standard InChI is InChI=1S/C13H13N3O4/c1-19-13-7-10(4-5-15-13)20-8-9-2-3-12(16(17)18)11(14)6-9/h2-7H,8,14H2,1H3. The van der Waals surface area contributed by atoms with Gasteiger partial charge in [-0.05, 0) is 23.8 Å². The molecule has 0 saturated carbocycles. The summed E-state index contributed by atoms with van der Waals surface area (Å²) < 4.78 is 10.5. The second kappa shape index (κ2) is 5.87. The Kier molecular flexibility index (Phi) is 3.99. The van der Waals surface area contributed by atoms with Gasteiger partial charge < -0.3 is 15.2 Å². The molecule has 0 amide bonds. The molecule has 0 radical (unpaired) electrons. The highest BCUT2D eigenvalue weighted by atomic mass is 16.6. The van der Waals surface area contributed by atoms with Crippen molar-refractivity contribution in [2.24, 2.45) is 0 Å². The third-order valence-electron chi connectivity index (χ3n) is 2.61. The summed E-state index contributed by atoms with van der Waals surface area (Å²) in [5, 5.41) is 10.7. The van der Waals surface area contributed by atoms with Crippen molar-refractivity contribution in [2.45, 2.75) is 6.61 Å². The van der Waals surface area contributed by atoms with Crippen LogP contribution in [0.3, 0.4) is 0 Å². The molecule has 0 aliphatic heterocycles. The number of benzene rings is 1. The van der Waals surface area contributed by atoms with Gasteiger partial charge in [0.25, 0.3) is 5.69 Å². The number of methoxy groups -OCH3 is 1. The van der Waals surface area contributed by atoms with Crippen molar-refractivity contribution in [1.29, 1.82) is 0 Å². The molecule has 0 unspecified atom stereocenters. The fraction of sp³-hybridized carbons (Fsp3) is 0.154. The van der Waals surface area contributed by atoms with E-state index in [2.05, 4.69) is 4.98 Å². The molecule has 0 spiro atoms. The van der Waals surface area contributed by atoms with Crippen LogP contribution in [-0.2, 0) is 6.61 Å². The lowest BCUT2D eigenvalue weighted by molar-refractivity contribution is -0.383. The average molecular weight is 275 g/mol. The van der Waals surface area contributed by atoms with E-state index in [9.17, 15) is 10.1 Å². The zero-order chi connectivity index (χ0) is 14.5. The first-order chi connectivity index (χ1) is 9.60. The van der Waals surface area contributed by atoms with Crippen LogP contribution in [0.5, 0.6) is 11.6 Å². The van der Waals surface area contributed by atoms with Crippen LogP contribution in [0, 0.1) is 10.1 Å². The fourth-order valence-electron chi connectivity index (χ4n) is 1.62. The molecule has 2 N–H and O–H groups in total. The number of ether oxygens (including phenoxy) is 2. The maximum Gasteiger partial charge on any atom is 0.292 e. The van der Waals surface area contributed by atoms with Crippen molar-refractivity contribution in [1.82, 2.24) is 4.98 Å². The number of pyridine rings is 1. The van der Waals surface area contributed by atoms with Crippen LogP contribution >= 0.6 is 0 Å². The highest BCUT2D eigenvalue weighted by molar-refractivity contribution is 5.59. The summed E-state index contributed by atoms with van der Waals surface area (Å²) in [7, 11) is 1.52. The molecule has 0 fully saturated rings. The van der Waals surface area contributed by atoms with E-state index in [1.807, 2.05) is 0 Å². The highest BCUT2D eigenvalue weighted by Gasteiger charge is 2.11. The van der Waals surface area contributed by atoms with Crippen molar-refractivity contribution in [3.05, 3.63) is 52.2 Å². The quantitative estimate of drug-likeness (QED) is 0.509. The Balaban J connectivity index is 2.07. The molecule has 7 heteroatoms. The van der Waals surface area contributed by atoms with Crippen LogP contribution in [0.4, 0.5) is 11.4 Å². The lowest BCUT2D eigenvalue weighted by Gasteiger charge is -2.08. The Morgan fingerprint density at radius 3 is 2.80 bits per heavy atom. The molecule has 104 valence electrons. The normalized spacial score (nSPS) is 10.1. The first-order valence-electron chi connectivity index (χ1n) is 5.76. The van der Waals surface area contributed by atoms with Gasteiger partial charge in [-0.15, -0.1) is 0 Å². The Hall–Kier alpha value is -2.83. The molecule has 1 heterocycles. The molecule has 0 aliphatic rings. The van der Waals surface area contributed by atoms with Gasteiger partial charge in [-0.25, -0.2) is 4.98 Å². The Labute approximate surface area is 115 Å². The topological polar surface area (TPSA) is 101 Å². The number of hydrogen-bond donors (Lipinski definition) is 1. The maximum absolute atomic E-state index is 10.7. The first-order valence-corrected chi connectivity index (χ1v) is 5.76. The number of nitro groups is 1. The van der Waals surface area contributed by atoms with Crippen molar-refractivity contribution in [3.8, 4) is 11.6 Å². The van der Waals surface area contributed by atoms with Crippen LogP contribution in [0.15, 0.2) is 36.5 Å². The number of nitrogens with zero attached hydrogens (tertiary/aromatic N) is 2. The summed E-state index contributed by atoms with van der Waals surface area (Å²) in [5.41, 5.74) is 6.35. The summed E-state index contributed by atoms with van der Waals surface area (Å²) in [6.07, 6.45) is 1.57. The van der Waals surface area contributed by atoms with Gasteiger partial charge in [-0.1, -0.05) is 0 Å². The van der Waals surface area contributed by atoms with Crippen LogP contribution in [0.2, 0.25) is 0 Å². The highest BCUT2D eigenvalue weighted by Crippen LogP contribution is 2.23. The van der Waals surface area contributed by atoms with Crippen LogP contribution < -0.4 is 15.2 Å². The summed E-state index contributed by atoms with van der Waals surface area (Å²) in [6.45, 7) is 0.245. The zero-order valence-electron chi connectivity index (χ0n) is 10.8. The van der Waals surface area contributed by atoms with E-state index in [1.54, 1.807) is 24.4 Å². The minimum atomic E-state index is -0.520. The molecule has 0 bridgehead atoms. The number of nitro benzene ring substituents is 1. The number of nitrogens with two attached hydrogens (primary N) is 1. The van der Waals surface area contributed by atoms with Gasteiger partial charge in [0.2, 0.25) is 5.88 Å². The molecule has 0 atom stereocenters. The molecular weight excluding hydrogens is 262 g/mol. The minimum Gasteiger partial charge on any atom is -0.489 e. The Bertz CT molecular complexity index is 631. The summed E-state index contributed by atoms with van der Waals surface area (Å²) in [5.74, 6) is 1.04. The van der Waals surface area contributed by atoms with E-state index in [0.717, 1.165) is 5.56 Å². The van der Waals surface area contributed by atoms with Crippen molar-refractivity contribution >= 4 is 11.4 Å². The molecule has 1 aromatic heterocycles. The van der Waals surface area contributed by atoms with Gasteiger partial charge >= 0.3 is 0 Å². The number of nitrogen functional groups attached to an aromatic ring is 1. The monoisotopic (exact) mass is 275 g/mol. The molecule has 0 saturated heterocycles. The third kappa shape index (κ3) is 3.14. The lowest BCUT2D eigenvalue weighted by Crippen LogP contribution is -2.00. The first kappa shape index (κ1) is 13.6. The van der Waals surface area contributed by atoms with Gasteiger partial charge in [0, 0.05) is 18.3 Å². The van der Waals surface area contributed by atoms with Crippen LogP contribution in [0.1, 0.15) is 5.56 Å². The average Bonchev–Trinajstić information content (AvgIpc) is 2.45. The largest absolute Gasteiger partial charge is 0.489 e. The number of hydrogen-bond acceptors (Lipinski definition) is 6. The Morgan fingerprint density at radius 1 is 1.35 bits per heavy atom. The lowest BCUT2D eigenvalue weighted by atomic mass is 10.2. The molecule has 2 rings (SSSR count). The van der Waals surface area contributed by atoms with E-state index in [0.29, 0.717) is 11.6 Å². The summed E-state index contributed by atoms with van der Waals surface area (Å²) in [4.78, 5) is 14.1. The Morgan fingerprint density at radius 2 is 2.15 bits per heavy atom. The molecule has 20 heavy (non-hydrogen) atoms. The number of aromatic nitrogens is 1. The van der Waals surface area contributed by atoms with Gasteiger partial charge in [0.1, 0.15) is 18.0 Å². The van der Waals surface area contributed by atoms with E-state index in [1.165, 1.54) is 19.2 Å². The van der Waals surface area contributed by atoms with Gasteiger partial charge in [0.15, 0.2) is 0 Å². The van der Waals surface area contributed by atoms with E-state index in [4.69, 9.17) is 15.2 Å². The number of rotatable bonds is 5. The van der Waals surface area contributed by atoms with Crippen molar-refractivity contribution in [3.63, 3.8) is 0 Å². The van der Waals surface area contributed by atoms with Gasteiger partial charge in [-0.3, -0.25) is 10.1 Å². The summed E-state index contributed by atoms with van der Waals surface area (Å²) in [6, 6.07) is 7.83. The second-order valence-electron chi connectivity index (χ2n) is 3.97. The molecule has 7 nitrogen and oxygen atoms in total. The van der Waals surface area contributed by atoms with E-state index in [-0.39, 0.29) is 18.0 Å². The van der Waals surface area contributed by atoms with Crippen LogP contribution in [0.25, 0.3) is 0 Å². The maximum atomic E-state index is 10.7. The molecular formula is C13H13N3O4. The predicted octanol–water partition coefficient (Wildman–Crippen LogP) is 2.16. The third-order valence-corrected chi connectivity index (χ3v) is 2.61. The predicted molar refractivity (Wildman–Crippen MR) is 72.6 cm³/mol. The van der Waals surface area contributed by atoms with Crippen LogP contribution in [-0.4, -0.2) is 17.0 Å². The van der Waals surface area contributed by atoms with E-state index >= 15 is 0 Å². The van der Waals surface area contributed by atoms with E-state index < -0.39 is 4.92 Å². The summed E-state index contributed by atoms with van der Waals surface area (Å²) >= 11 is 0. The van der Waals surface area contributed by atoms with Crippen molar-refractivity contribution < 1.29 is 14.4 Å². The fourth-order valence-corrected chi connectivity index (χ4v) is 1.62. The van der Waals surface area contributed by atoms with Gasteiger partial charge in [-0.2, -0.15) is 0 Å². The van der Waals surface area contributed by atoms with Crippen molar-refractivity contribution in [2.75, 3.05) is 12.8 Å².